The Morgan fingerprint density at radius 3 is 2.75 bits per heavy atom. The fraction of sp³-hybridized carbons (Fsp3) is 0.167. The lowest BCUT2D eigenvalue weighted by Crippen LogP contribution is -2.21. The van der Waals surface area contributed by atoms with Crippen LogP contribution in [0.4, 0.5) is 5.69 Å². The first kappa shape index (κ1) is 15.7. The van der Waals surface area contributed by atoms with Crippen LogP contribution >= 0.6 is 0 Å². The molecular weight excluding hydrogens is 304 g/mol. The fourth-order valence-corrected chi connectivity index (χ4v) is 2.25. The molecule has 0 fully saturated rings. The molecule has 6 nitrogen and oxygen atoms in total. The predicted molar refractivity (Wildman–Crippen MR) is 91.4 cm³/mol. The third-order valence-electron chi connectivity index (χ3n) is 3.70. The minimum Gasteiger partial charge on any atom is -0.484 e. The maximum absolute atomic E-state index is 12.2. The molecule has 0 saturated carbocycles. The summed E-state index contributed by atoms with van der Waals surface area (Å²) in [6.45, 7) is 3.98. The average molecular weight is 322 g/mol. The smallest absolute Gasteiger partial charge is 0.262 e. The van der Waals surface area contributed by atoms with Crippen LogP contribution in [-0.4, -0.2) is 27.5 Å². The Morgan fingerprint density at radius 1 is 1.17 bits per heavy atom. The molecular formula is C18H18N4O2. The molecule has 1 heterocycles. The number of amides is 1. The van der Waals surface area contributed by atoms with Crippen molar-refractivity contribution in [3.8, 4) is 11.4 Å². The van der Waals surface area contributed by atoms with E-state index < -0.39 is 0 Å². The van der Waals surface area contributed by atoms with E-state index in [-0.39, 0.29) is 12.5 Å². The van der Waals surface area contributed by atoms with Crippen LogP contribution in [0.1, 0.15) is 11.1 Å². The zero-order valence-corrected chi connectivity index (χ0v) is 13.6. The Morgan fingerprint density at radius 2 is 2.00 bits per heavy atom. The summed E-state index contributed by atoms with van der Waals surface area (Å²) in [6.07, 6.45) is 3.30. The van der Waals surface area contributed by atoms with Gasteiger partial charge in [-0.2, -0.15) is 0 Å². The van der Waals surface area contributed by atoms with Gasteiger partial charge in [0.15, 0.2) is 6.61 Å². The van der Waals surface area contributed by atoms with Crippen LogP contribution in [0.15, 0.2) is 54.9 Å². The van der Waals surface area contributed by atoms with E-state index in [1.165, 1.54) is 5.56 Å². The average Bonchev–Trinajstić information content (AvgIpc) is 3.11. The molecule has 6 heteroatoms. The second kappa shape index (κ2) is 6.95. The summed E-state index contributed by atoms with van der Waals surface area (Å²) >= 11 is 0. The minimum absolute atomic E-state index is 0.0613. The van der Waals surface area contributed by atoms with Crippen molar-refractivity contribution in [2.45, 2.75) is 13.8 Å². The van der Waals surface area contributed by atoms with Gasteiger partial charge in [-0.3, -0.25) is 4.79 Å². The SMILES string of the molecule is Cc1ccc(OCC(=O)Nc2ccccc2-n2ccnn2)cc1C. The predicted octanol–water partition coefficient (Wildman–Crippen LogP) is 2.90. The second-order valence-corrected chi connectivity index (χ2v) is 5.45. The minimum atomic E-state index is -0.235. The van der Waals surface area contributed by atoms with Crippen LogP contribution in [0.25, 0.3) is 5.69 Å². The van der Waals surface area contributed by atoms with Gasteiger partial charge in [-0.25, -0.2) is 4.68 Å². The molecule has 0 aliphatic rings. The van der Waals surface area contributed by atoms with Crippen molar-refractivity contribution in [1.29, 1.82) is 0 Å². The third kappa shape index (κ3) is 3.60. The fourth-order valence-electron chi connectivity index (χ4n) is 2.25. The summed E-state index contributed by atoms with van der Waals surface area (Å²) in [4.78, 5) is 12.2. The van der Waals surface area contributed by atoms with Crippen molar-refractivity contribution in [1.82, 2.24) is 15.0 Å². The summed E-state index contributed by atoms with van der Waals surface area (Å²) in [6, 6.07) is 13.1. The number of aryl methyl sites for hydroxylation is 2. The molecule has 0 aliphatic heterocycles. The van der Waals surface area contributed by atoms with Crippen molar-refractivity contribution >= 4 is 11.6 Å². The van der Waals surface area contributed by atoms with Crippen molar-refractivity contribution < 1.29 is 9.53 Å². The van der Waals surface area contributed by atoms with Gasteiger partial charge in [0.05, 0.1) is 23.8 Å². The molecule has 3 rings (SSSR count). The molecule has 0 saturated heterocycles. The Hall–Kier alpha value is -3.15. The number of rotatable bonds is 5. The second-order valence-electron chi connectivity index (χ2n) is 5.45. The highest BCUT2D eigenvalue weighted by atomic mass is 16.5. The zero-order valence-electron chi connectivity index (χ0n) is 13.6. The first-order chi connectivity index (χ1) is 11.6. The zero-order chi connectivity index (χ0) is 16.9. The lowest BCUT2D eigenvalue weighted by Gasteiger charge is -2.11. The molecule has 24 heavy (non-hydrogen) atoms. The molecule has 0 atom stereocenters. The highest BCUT2D eigenvalue weighted by molar-refractivity contribution is 5.93. The lowest BCUT2D eigenvalue weighted by atomic mass is 10.1. The van der Waals surface area contributed by atoms with Crippen LogP contribution in [0.2, 0.25) is 0 Å². The quantitative estimate of drug-likeness (QED) is 0.784. The number of aromatic nitrogens is 3. The number of carbonyl (C=O) groups is 1. The number of hydrogen-bond donors (Lipinski definition) is 1. The number of carbonyl (C=O) groups excluding carboxylic acids is 1. The maximum atomic E-state index is 12.2. The van der Waals surface area contributed by atoms with Crippen LogP contribution in [0.3, 0.4) is 0 Å². The molecule has 122 valence electrons. The molecule has 0 bridgehead atoms. The van der Waals surface area contributed by atoms with Crippen LogP contribution in [0.5, 0.6) is 5.75 Å². The number of ether oxygens (including phenoxy) is 1. The first-order valence-corrected chi connectivity index (χ1v) is 7.59. The van der Waals surface area contributed by atoms with E-state index in [1.54, 1.807) is 17.1 Å². The van der Waals surface area contributed by atoms with Gasteiger partial charge in [-0.15, -0.1) is 5.10 Å². The number of benzene rings is 2. The van der Waals surface area contributed by atoms with Gasteiger partial charge in [-0.05, 0) is 49.2 Å². The molecule has 1 N–H and O–H groups in total. The van der Waals surface area contributed by atoms with E-state index in [0.29, 0.717) is 11.4 Å². The first-order valence-electron chi connectivity index (χ1n) is 7.59. The number of anilines is 1. The van der Waals surface area contributed by atoms with Gasteiger partial charge in [0.2, 0.25) is 0 Å². The third-order valence-corrected chi connectivity index (χ3v) is 3.70. The van der Waals surface area contributed by atoms with Crippen LogP contribution in [-0.2, 0) is 4.79 Å². The van der Waals surface area contributed by atoms with E-state index in [4.69, 9.17) is 4.74 Å². The van der Waals surface area contributed by atoms with Crippen LogP contribution < -0.4 is 10.1 Å². The molecule has 0 spiro atoms. The monoisotopic (exact) mass is 322 g/mol. The Balaban J connectivity index is 1.66. The van der Waals surface area contributed by atoms with Crippen molar-refractivity contribution in [3.63, 3.8) is 0 Å². The summed E-state index contributed by atoms with van der Waals surface area (Å²) in [5.41, 5.74) is 3.71. The van der Waals surface area contributed by atoms with E-state index in [0.717, 1.165) is 11.3 Å². The maximum Gasteiger partial charge on any atom is 0.262 e. The van der Waals surface area contributed by atoms with Gasteiger partial charge >= 0.3 is 0 Å². The van der Waals surface area contributed by atoms with Gasteiger partial charge < -0.3 is 10.1 Å². The summed E-state index contributed by atoms with van der Waals surface area (Å²) in [5.74, 6) is 0.443. The van der Waals surface area contributed by atoms with Crippen molar-refractivity contribution in [3.05, 3.63) is 66.0 Å². The molecule has 0 unspecified atom stereocenters. The van der Waals surface area contributed by atoms with Gasteiger partial charge in [0.25, 0.3) is 5.91 Å². The Kier molecular flexibility index (Phi) is 4.56. The van der Waals surface area contributed by atoms with Crippen molar-refractivity contribution in [2.75, 3.05) is 11.9 Å². The highest BCUT2D eigenvalue weighted by Gasteiger charge is 2.09. The topological polar surface area (TPSA) is 69.0 Å². The molecule has 3 aromatic rings. The van der Waals surface area contributed by atoms with E-state index in [1.807, 2.05) is 56.3 Å². The van der Waals surface area contributed by atoms with E-state index in [9.17, 15) is 4.79 Å². The van der Waals surface area contributed by atoms with Crippen LogP contribution in [0, 0.1) is 13.8 Å². The van der Waals surface area contributed by atoms with Crippen molar-refractivity contribution in [2.24, 2.45) is 0 Å². The lowest BCUT2D eigenvalue weighted by molar-refractivity contribution is -0.118. The molecule has 1 amide bonds. The summed E-state index contributed by atoms with van der Waals surface area (Å²) in [5, 5.41) is 10.6. The standard InChI is InChI=1S/C18H18N4O2/c1-13-7-8-15(11-14(13)2)24-12-18(23)20-16-5-3-4-6-17(16)22-10-9-19-21-22/h3-11H,12H2,1-2H3,(H,20,23). The Bertz CT molecular complexity index is 844. The molecule has 1 aromatic heterocycles. The van der Waals surface area contributed by atoms with Gasteiger partial charge in [-0.1, -0.05) is 23.4 Å². The Labute approximate surface area is 140 Å². The van der Waals surface area contributed by atoms with Gasteiger partial charge in [0, 0.05) is 0 Å². The summed E-state index contributed by atoms with van der Waals surface area (Å²) in [7, 11) is 0. The van der Waals surface area contributed by atoms with Gasteiger partial charge in [0.1, 0.15) is 5.75 Å². The summed E-state index contributed by atoms with van der Waals surface area (Å²) < 4.78 is 7.16. The highest BCUT2D eigenvalue weighted by Crippen LogP contribution is 2.19. The normalized spacial score (nSPS) is 10.4. The number of para-hydroxylation sites is 2. The van der Waals surface area contributed by atoms with E-state index >= 15 is 0 Å². The molecule has 0 radical (unpaired) electrons. The molecule has 0 aliphatic carbocycles. The largest absolute Gasteiger partial charge is 0.484 e. The number of nitrogens with zero attached hydrogens (tertiary/aromatic N) is 3. The number of hydrogen-bond acceptors (Lipinski definition) is 4. The molecule has 2 aromatic carbocycles. The number of nitrogens with one attached hydrogen (secondary N) is 1. The van der Waals surface area contributed by atoms with E-state index in [2.05, 4.69) is 15.6 Å².